The molecule has 0 spiro atoms. The Hall–Kier alpha value is -3.94. The first kappa shape index (κ1) is 20.3. The average molecular weight is 418 g/mol. The molecule has 2 heterocycles. The molecule has 1 aliphatic rings. The van der Waals surface area contributed by atoms with Gasteiger partial charge >= 0.3 is 6.03 Å². The monoisotopic (exact) mass is 418 g/mol. The van der Waals surface area contributed by atoms with Gasteiger partial charge in [0, 0.05) is 28.8 Å². The fourth-order valence-electron chi connectivity index (χ4n) is 3.47. The van der Waals surface area contributed by atoms with Gasteiger partial charge in [-0.1, -0.05) is 18.2 Å². The Balaban J connectivity index is 1.31. The third-order valence-electron chi connectivity index (χ3n) is 4.98. The second-order valence-corrected chi connectivity index (χ2v) is 7.36. The second-order valence-electron chi connectivity index (χ2n) is 7.36. The number of anilines is 1. The molecule has 158 valence electrons. The lowest BCUT2D eigenvalue weighted by atomic mass is 10.1. The van der Waals surface area contributed by atoms with Crippen molar-refractivity contribution < 1.29 is 19.1 Å². The van der Waals surface area contributed by atoms with Crippen molar-refractivity contribution in [2.45, 2.75) is 32.4 Å². The number of aromatic nitrogens is 1. The van der Waals surface area contributed by atoms with Gasteiger partial charge in [0.1, 0.15) is 18.4 Å². The van der Waals surface area contributed by atoms with Crippen molar-refractivity contribution in [2.24, 2.45) is 0 Å². The molecule has 1 fully saturated rings. The van der Waals surface area contributed by atoms with Crippen molar-refractivity contribution in [1.82, 2.24) is 15.6 Å². The lowest BCUT2D eigenvalue weighted by molar-refractivity contribution is -0.120. The van der Waals surface area contributed by atoms with Crippen LogP contribution >= 0.6 is 0 Å². The van der Waals surface area contributed by atoms with Crippen LogP contribution in [0.2, 0.25) is 0 Å². The molecule has 0 aliphatic carbocycles. The molecule has 8 nitrogen and oxygen atoms in total. The van der Waals surface area contributed by atoms with Gasteiger partial charge in [0.15, 0.2) is 0 Å². The molecule has 3 N–H and O–H groups in total. The van der Waals surface area contributed by atoms with Crippen molar-refractivity contribution in [1.29, 1.82) is 0 Å². The highest BCUT2D eigenvalue weighted by molar-refractivity contribution is 6.04. The number of hydrogen-bond donors (Lipinski definition) is 3. The number of nitrogens with zero attached hydrogens (tertiary/aromatic N) is 1. The van der Waals surface area contributed by atoms with Gasteiger partial charge in [-0.2, -0.15) is 0 Å². The first-order valence-electron chi connectivity index (χ1n) is 9.97. The fourth-order valence-corrected chi connectivity index (χ4v) is 3.47. The maximum absolute atomic E-state index is 12.1. The predicted molar refractivity (Wildman–Crippen MR) is 116 cm³/mol. The quantitative estimate of drug-likeness (QED) is 0.511. The third-order valence-corrected chi connectivity index (χ3v) is 4.98. The maximum atomic E-state index is 12.1. The van der Waals surface area contributed by atoms with E-state index in [0.29, 0.717) is 18.0 Å². The molecule has 0 bridgehead atoms. The number of carbonyl (C=O) groups is 3. The first-order valence-corrected chi connectivity index (χ1v) is 9.97. The number of rotatable bonds is 7. The molecule has 1 unspecified atom stereocenters. The number of amides is 4. The molecule has 0 radical (unpaired) electrons. The molecular weight excluding hydrogens is 396 g/mol. The Bertz CT molecular complexity index is 1140. The number of nitrogens with one attached hydrogen (secondary N) is 3. The van der Waals surface area contributed by atoms with E-state index in [1.54, 1.807) is 24.3 Å². The molecule has 8 heteroatoms. The second kappa shape index (κ2) is 8.83. The molecule has 1 saturated heterocycles. The zero-order valence-electron chi connectivity index (χ0n) is 17.0. The van der Waals surface area contributed by atoms with E-state index in [9.17, 15) is 14.4 Å². The summed E-state index contributed by atoms with van der Waals surface area (Å²) in [7, 11) is 0. The molecule has 3 aromatic rings. The van der Waals surface area contributed by atoms with Gasteiger partial charge in [-0.3, -0.25) is 19.9 Å². The topological polar surface area (TPSA) is 109 Å². The summed E-state index contributed by atoms with van der Waals surface area (Å²) in [5.74, 6) is 0.0414. The minimum absolute atomic E-state index is 0.116. The van der Waals surface area contributed by atoms with Crippen molar-refractivity contribution in [2.75, 3.05) is 5.32 Å². The Morgan fingerprint density at radius 2 is 1.90 bits per heavy atom. The number of imide groups is 1. The van der Waals surface area contributed by atoms with E-state index in [1.165, 1.54) is 0 Å². The van der Waals surface area contributed by atoms with E-state index in [1.807, 2.05) is 37.3 Å². The highest BCUT2D eigenvalue weighted by atomic mass is 16.5. The van der Waals surface area contributed by atoms with E-state index in [4.69, 9.17) is 4.74 Å². The summed E-state index contributed by atoms with van der Waals surface area (Å²) in [5, 5.41) is 8.45. The summed E-state index contributed by atoms with van der Waals surface area (Å²) in [4.78, 5) is 39.3. The van der Waals surface area contributed by atoms with E-state index in [-0.39, 0.29) is 18.7 Å². The van der Waals surface area contributed by atoms with Crippen molar-refractivity contribution >= 4 is 34.4 Å². The number of para-hydroxylation sites is 1. The summed E-state index contributed by atoms with van der Waals surface area (Å²) in [6.07, 6.45) is 0.356. The molecule has 31 heavy (non-hydrogen) atoms. The molecule has 1 aliphatic heterocycles. The van der Waals surface area contributed by atoms with Crippen LogP contribution in [-0.2, 0) is 16.2 Å². The van der Waals surface area contributed by atoms with E-state index < -0.39 is 18.0 Å². The number of ether oxygens (including phenoxy) is 1. The van der Waals surface area contributed by atoms with Gasteiger partial charge in [-0.15, -0.1) is 0 Å². The van der Waals surface area contributed by atoms with Crippen LogP contribution in [0.1, 0.15) is 24.1 Å². The van der Waals surface area contributed by atoms with Crippen LogP contribution < -0.4 is 20.7 Å². The van der Waals surface area contributed by atoms with Crippen LogP contribution in [0.3, 0.4) is 0 Å². The van der Waals surface area contributed by atoms with Crippen LogP contribution in [0.15, 0.2) is 54.6 Å². The summed E-state index contributed by atoms with van der Waals surface area (Å²) < 4.78 is 5.93. The van der Waals surface area contributed by atoms with Crippen LogP contribution in [0, 0.1) is 6.92 Å². The molecule has 1 atom stereocenters. The molecule has 1 aromatic heterocycles. The molecule has 4 amide bonds. The predicted octanol–water partition coefficient (Wildman–Crippen LogP) is 3.05. The maximum Gasteiger partial charge on any atom is 0.322 e. The van der Waals surface area contributed by atoms with Gasteiger partial charge in [-0.05, 0) is 49.7 Å². The Kier molecular flexibility index (Phi) is 5.79. The normalized spacial score (nSPS) is 15.5. The van der Waals surface area contributed by atoms with Crippen molar-refractivity contribution in [3.63, 3.8) is 0 Å². The van der Waals surface area contributed by atoms with Gasteiger partial charge in [0.05, 0.1) is 5.52 Å². The van der Waals surface area contributed by atoms with E-state index in [2.05, 4.69) is 20.9 Å². The standard InChI is InChI=1S/C23H22N4O4/c1-14-12-15(18-4-2-3-5-19(18)24-14)13-31-17-8-6-16(7-9-17)25-21(28)11-10-20-22(29)27-23(30)26-20/h2-9,12,20H,10-11,13H2,1H3,(H,25,28)(H2,26,27,29,30). The van der Waals surface area contributed by atoms with Crippen LogP contribution in [0.4, 0.5) is 10.5 Å². The first-order chi connectivity index (χ1) is 15.0. The van der Waals surface area contributed by atoms with Crippen molar-refractivity contribution in [3.8, 4) is 5.75 Å². The van der Waals surface area contributed by atoms with Gasteiger partial charge in [0.2, 0.25) is 5.91 Å². The van der Waals surface area contributed by atoms with Gasteiger partial charge < -0.3 is 15.4 Å². The lowest BCUT2D eigenvalue weighted by Crippen LogP contribution is -2.30. The largest absolute Gasteiger partial charge is 0.489 e. The zero-order valence-corrected chi connectivity index (χ0v) is 17.0. The average Bonchev–Trinajstić information content (AvgIpc) is 3.08. The van der Waals surface area contributed by atoms with Gasteiger partial charge in [0.25, 0.3) is 5.91 Å². The number of fused-ring (bicyclic) bond motifs is 1. The minimum atomic E-state index is -0.665. The number of aryl methyl sites for hydroxylation is 1. The summed E-state index contributed by atoms with van der Waals surface area (Å²) in [6.45, 7) is 2.37. The highest BCUT2D eigenvalue weighted by Gasteiger charge is 2.29. The molecule has 2 aromatic carbocycles. The number of benzene rings is 2. The molecular formula is C23H22N4O4. The summed E-state index contributed by atoms with van der Waals surface area (Å²) >= 11 is 0. The van der Waals surface area contributed by atoms with Crippen LogP contribution in [0.5, 0.6) is 5.75 Å². The summed E-state index contributed by atoms with van der Waals surface area (Å²) in [5.41, 5.74) is 3.56. The summed E-state index contributed by atoms with van der Waals surface area (Å²) in [6, 6.07) is 15.9. The number of pyridine rings is 1. The third kappa shape index (κ3) is 4.98. The zero-order chi connectivity index (χ0) is 21.8. The molecule has 0 saturated carbocycles. The lowest BCUT2D eigenvalue weighted by Gasteiger charge is -2.11. The highest BCUT2D eigenvalue weighted by Crippen LogP contribution is 2.22. The van der Waals surface area contributed by atoms with E-state index in [0.717, 1.165) is 22.2 Å². The Morgan fingerprint density at radius 1 is 1.13 bits per heavy atom. The number of urea groups is 1. The van der Waals surface area contributed by atoms with Gasteiger partial charge in [-0.25, -0.2) is 4.79 Å². The van der Waals surface area contributed by atoms with Crippen LogP contribution in [-0.4, -0.2) is 28.9 Å². The Morgan fingerprint density at radius 3 is 2.65 bits per heavy atom. The van der Waals surface area contributed by atoms with E-state index >= 15 is 0 Å². The fraction of sp³-hybridized carbons (Fsp3) is 0.217. The smallest absolute Gasteiger partial charge is 0.322 e. The Labute approximate surface area is 179 Å². The molecule has 4 rings (SSSR count). The SMILES string of the molecule is Cc1cc(COc2ccc(NC(=O)CCC3NC(=O)NC3=O)cc2)c2ccccc2n1. The van der Waals surface area contributed by atoms with Crippen LogP contribution in [0.25, 0.3) is 10.9 Å². The number of hydrogen-bond acceptors (Lipinski definition) is 5. The number of carbonyl (C=O) groups excluding carboxylic acids is 3. The minimum Gasteiger partial charge on any atom is -0.489 e. The van der Waals surface area contributed by atoms with Crippen molar-refractivity contribution in [3.05, 3.63) is 65.9 Å².